The van der Waals surface area contributed by atoms with Crippen molar-refractivity contribution >= 4 is 26.0 Å². The summed E-state index contributed by atoms with van der Waals surface area (Å²) in [6.45, 7) is 3.82. The zero-order chi connectivity index (χ0) is 17.3. The van der Waals surface area contributed by atoms with E-state index in [9.17, 15) is 8.42 Å². The molecule has 2 aromatic carbocycles. The second-order valence-electron chi connectivity index (χ2n) is 6.27. The third-order valence-corrected chi connectivity index (χ3v) is 6.68. The molecule has 1 aliphatic heterocycles. The predicted molar refractivity (Wildman–Crippen MR) is 99.5 cm³/mol. The van der Waals surface area contributed by atoms with Gasteiger partial charge in [0.1, 0.15) is 0 Å². The second-order valence-corrected chi connectivity index (χ2v) is 9.07. The topological polar surface area (TPSA) is 40.6 Å². The molecule has 0 bridgehead atoms. The van der Waals surface area contributed by atoms with E-state index in [0.717, 1.165) is 22.1 Å². The maximum Gasteiger partial charge on any atom is 0.243 e. The molecule has 24 heavy (non-hydrogen) atoms. The van der Waals surface area contributed by atoms with Gasteiger partial charge in [-0.2, -0.15) is 4.31 Å². The third kappa shape index (κ3) is 3.57. The van der Waals surface area contributed by atoms with Crippen molar-refractivity contribution in [1.82, 2.24) is 9.21 Å². The van der Waals surface area contributed by atoms with E-state index >= 15 is 0 Å². The molecular formula is C18H21BrN2O2S. The molecule has 6 heteroatoms. The van der Waals surface area contributed by atoms with Crippen LogP contribution in [0.5, 0.6) is 0 Å². The van der Waals surface area contributed by atoms with Crippen LogP contribution in [0.15, 0.2) is 57.9 Å². The lowest BCUT2D eigenvalue weighted by molar-refractivity contribution is 0.160. The molecule has 1 saturated heterocycles. The van der Waals surface area contributed by atoms with E-state index < -0.39 is 10.0 Å². The Kier molecular flexibility index (Phi) is 5.11. The van der Waals surface area contributed by atoms with Crippen LogP contribution in [0.4, 0.5) is 0 Å². The van der Waals surface area contributed by atoms with E-state index in [1.165, 1.54) is 0 Å². The van der Waals surface area contributed by atoms with Crippen LogP contribution in [-0.2, 0) is 10.0 Å². The highest BCUT2D eigenvalue weighted by Gasteiger charge is 2.36. The van der Waals surface area contributed by atoms with Crippen LogP contribution in [-0.4, -0.2) is 44.3 Å². The molecule has 1 aliphatic rings. The Hall–Kier alpha value is -1.21. The molecule has 0 aliphatic carbocycles. The highest BCUT2D eigenvalue weighted by molar-refractivity contribution is 9.10. The molecule has 0 radical (unpaired) electrons. The summed E-state index contributed by atoms with van der Waals surface area (Å²) in [6.07, 6.45) is 0. The molecule has 0 amide bonds. The molecule has 1 atom stereocenters. The Labute approximate surface area is 152 Å². The fourth-order valence-corrected chi connectivity index (χ4v) is 5.61. The molecular weight excluding hydrogens is 388 g/mol. The zero-order valence-corrected chi connectivity index (χ0v) is 16.2. The summed E-state index contributed by atoms with van der Waals surface area (Å²) in [7, 11) is -1.52. The van der Waals surface area contributed by atoms with Gasteiger partial charge in [-0.05, 0) is 43.3 Å². The van der Waals surface area contributed by atoms with E-state index in [0.29, 0.717) is 18.0 Å². The van der Waals surface area contributed by atoms with Crippen molar-refractivity contribution in [3.05, 3.63) is 64.1 Å². The Bertz CT molecular complexity index is 804. The van der Waals surface area contributed by atoms with E-state index in [4.69, 9.17) is 0 Å². The highest BCUT2D eigenvalue weighted by Crippen LogP contribution is 2.32. The largest absolute Gasteiger partial charge is 0.303 e. The number of piperazine rings is 1. The lowest BCUT2D eigenvalue weighted by Crippen LogP contribution is -2.49. The lowest BCUT2D eigenvalue weighted by Gasteiger charge is -2.39. The van der Waals surface area contributed by atoms with Crippen LogP contribution < -0.4 is 0 Å². The molecule has 4 nitrogen and oxygen atoms in total. The van der Waals surface area contributed by atoms with Crippen molar-refractivity contribution in [2.75, 3.05) is 26.7 Å². The van der Waals surface area contributed by atoms with Crippen LogP contribution in [0.3, 0.4) is 0 Å². The summed E-state index contributed by atoms with van der Waals surface area (Å²) in [6, 6.07) is 15.0. The van der Waals surface area contributed by atoms with Gasteiger partial charge in [0.25, 0.3) is 0 Å². The molecule has 1 fully saturated rings. The maximum atomic E-state index is 13.3. The van der Waals surface area contributed by atoms with E-state index in [1.807, 2.05) is 50.4 Å². The predicted octanol–water partition coefficient (Wildman–Crippen LogP) is 3.43. The average Bonchev–Trinajstić information content (AvgIpc) is 2.54. The Balaban J connectivity index is 2.03. The third-order valence-electron chi connectivity index (χ3n) is 4.34. The number of nitrogens with zero attached hydrogens (tertiary/aromatic N) is 2. The first-order chi connectivity index (χ1) is 11.4. The summed E-state index contributed by atoms with van der Waals surface area (Å²) in [5.41, 5.74) is 1.95. The smallest absolute Gasteiger partial charge is 0.243 e. The van der Waals surface area contributed by atoms with Crippen molar-refractivity contribution in [2.24, 2.45) is 0 Å². The van der Waals surface area contributed by atoms with Gasteiger partial charge in [-0.1, -0.05) is 46.3 Å². The minimum Gasteiger partial charge on any atom is -0.303 e. The minimum absolute atomic E-state index is 0.172. The summed E-state index contributed by atoms with van der Waals surface area (Å²) < 4.78 is 29.0. The van der Waals surface area contributed by atoms with Crippen molar-refractivity contribution < 1.29 is 8.42 Å². The fourth-order valence-electron chi connectivity index (χ4n) is 3.12. The highest BCUT2D eigenvalue weighted by atomic mass is 79.9. The van der Waals surface area contributed by atoms with E-state index in [-0.39, 0.29) is 6.04 Å². The van der Waals surface area contributed by atoms with Gasteiger partial charge in [0.05, 0.1) is 10.9 Å². The van der Waals surface area contributed by atoms with Gasteiger partial charge in [0.2, 0.25) is 10.0 Å². The van der Waals surface area contributed by atoms with Crippen LogP contribution >= 0.6 is 15.9 Å². The molecule has 3 rings (SSSR count). The lowest BCUT2D eigenvalue weighted by atomic mass is 10.1. The number of hydrogen-bond acceptors (Lipinski definition) is 3. The quantitative estimate of drug-likeness (QED) is 0.780. The summed E-state index contributed by atoms with van der Waals surface area (Å²) in [4.78, 5) is 2.52. The average molecular weight is 409 g/mol. The number of hydrogen-bond donors (Lipinski definition) is 0. The van der Waals surface area contributed by atoms with E-state index in [1.54, 1.807) is 16.4 Å². The molecule has 2 aromatic rings. The Morgan fingerprint density at radius 3 is 2.46 bits per heavy atom. The first-order valence-corrected chi connectivity index (χ1v) is 10.1. The van der Waals surface area contributed by atoms with Gasteiger partial charge in [-0.3, -0.25) is 0 Å². The minimum atomic E-state index is -3.55. The molecule has 1 unspecified atom stereocenters. The molecule has 0 spiro atoms. The van der Waals surface area contributed by atoms with Gasteiger partial charge in [-0.15, -0.1) is 0 Å². The number of rotatable bonds is 3. The van der Waals surface area contributed by atoms with Gasteiger partial charge in [0, 0.05) is 24.1 Å². The van der Waals surface area contributed by atoms with Crippen molar-refractivity contribution in [3.63, 3.8) is 0 Å². The Morgan fingerprint density at radius 1 is 1.08 bits per heavy atom. The van der Waals surface area contributed by atoms with Crippen LogP contribution in [0, 0.1) is 6.92 Å². The number of aryl methyl sites for hydroxylation is 1. The normalized spacial score (nSPS) is 20.2. The number of sulfonamides is 1. The number of benzene rings is 2. The summed E-state index contributed by atoms with van der Waals surface area (Å²) >= 11 is 3.41. The Morgan fingerprint density at radius 2 is 1.79 bits per heavy atom. The molecule has 128 valence electrons. The zero-order valence-electron chi connectivity index (χ0n) is 13.8. The number of halogens is 1. The first kappa shape index (κ1) is 17.6. The molecule has 0 aromatic heterocycles. The molecule has 0 N–H and O–H groups in total. The van der Waals surface area contributed by atoms with Crippen molar-refractivity contribution in [1.29, 1.82) is 0 Å². The molecule has 0 saturated carbocycles. The standard InChI is InChI=1S/C18H21BrN2O2S/c1-14-10-16(19)12-17(11-14)24(22,23)21-9-8-20(2)13-18(21)15-6-4-3-5-7-15/h3-7,10-12,18H,8-9,13H2,1-2H3. The van der Waals surface area contributed by atoms with Gasteiger partial charge < -0.3 is 4.90 Å². The van der Waals surface area contributed by atoms with E-state index in [2.05, 4.69) is 20.8 Å². The van der Waals surface area contributed by atoms with Crippen LogP contribution in [0.1, 0.15) is 17.2 Å². The maximum absolute atomic E-state index is 13.3. The SMILES string of the molecule is Cc1cc(Br)cc(S(=O)(=O)N2CCN(C)CC2c2ccccc2)c1. The van der Waals surface area contributed by atoms with Crippen LogP contribution in [0.25, 0.3) is 0 Å². The van der Waals surface area contributed by atoms with Crippen molar-refractivity contribution in [3.8, 4) is 0 Å². The monoisotopic (exact) mass is 408 g/mol. The van der Waals surface area contributed by atoms with Crippen LogP contribution in [0.2, 0.25) is 0 Å². The second kappa shape index (κ2) is 6.96. The van der Waals surface area contributed by atoms with Crippen molar-refractivity contribution in [2.45, 2.75) is 17.9 Å². The number of likely N-dealkylation sites (N-methyl/N-ethyl adjacent to an activating group) is 1. The first-order valence-electron chi connectivity index (χ1n) is 7.90. The molecule has 1 heterocycles. The van der Waals surface area contributed by atoms with Gasteiger partial charge >= 0.3 is 0 Å². The summed E-state index contributed by atoms with van der Waals surface area (Å²) in [5.74, 6) is 0. The summed E-state index contributed by atoms with van der Waals surface area (Å²) in [5, 5.41) is 0. The fraction of sp³-hybridized carbons (Fsp3) is 0.333. The van der Waals surface area contributed by atoms with Gasteiger partial charge in [-0.25, -0.2) is 8.42 Å². The van der Waals surface area contributed by atoms with Gasteiger partial charge in [0.15, 0.2) is 0 Å².